The molecule has 1 fully saturated rings. The van der Waals surface area contributed by atoms with Gasteiger partial charge in [-0.2, -0.15) is 0 Å². The molecule has 1 heterocycles. The molecule has 1 aromatic rings. The van der Waals surface area contributed by atoms with Crippen molar-refractivity contribution in [3.05, 3.63) is 30.3 Å². The van der Waals surface area contributed by atoms with E-state index in [9.17, 15) is 4.79 Å². The Morgan fingerprint density at radius 3 is 2.74 bits per heavy atom. The minimum atomic E-state index is -0.162. The van der Waals surface area contributed by atoms with E-state index in [1.807, 2.05) is 18.2 Å². The van der Waals surface area contributed by atoms with Gasteiger partial charge in [-0.3, -0.25) is 4.79 Å². The molecule has 0 spiro atoms. The number of hydrogen-bond acceptors (Lipinski definition) is 4. The number of carbonyl (C=O) groups is 1. The molecule has 0 amide bonds. The Kier molecular flexibility index (Phi) is 4.10. The Hall–Kier alpha value is -1.55. The fraction of sp³-hybridized carbons (Fsp3) is 0.533. The normalized spacial score (nSPS) is 22.1. The lowest BCUT2D eigenvalue weighted by Gasteiger charge is -2.49. The van der Waals surface area contributed by atoms with Crippen molar-refractivity contribution >= 4 is 11.7 Å². The summed E-state index contributed by atoms with van der Waals surface area (Å²) in [6, 6.07) is 10.4. The number of ether oxygens (including phenoxy) is 1. The highest BCUT2D eigenvalue weighted by atomic mass is 16.5. The van der Waals surface area contributed by atoms with E-state index in [1.165, 1.54) is 7.11 Å². The van der Waals surface area contributed by atoms with Gasteiger partial charge in [0.1, 0.15) is 0 Å². The second kappa shape index (κ2) is 5.61. The van der Waals surface area contributed by atoms with Crippen LogP contribution < -0.4 is 10.2 Å². The monoisotopic (exact) mass is 262 g/mol. The maximum absolute atomic E-state index is 11.6. The Bertz CT molecular complexity index is 431. The molecule has 4 nitrogen and oxygen atoms in total. The molecule has 104 valence electrons. The van der Waals surface area contributed by atoms with Crippen LogP contribution in [-0.2, 0) is 9.53 Å². The lowest BCUT2D eigenvalue weighted by atomic mass is 9.93. The van der Waals surface area contributed by atoms with Crippen molar-refractivity contribution < 1.29 is 9.53 Å². The third kappa shape index (κ3) is 3.07. The number of nitrogens with zero attached hydrogens (tertiary/aromatic N) is 1. The molecule has 0 saturated carbocycles. The highest BCUT2D eigenvalue weighted by Gasteiger charge is 2.37. The predicted molar refractivity (Wildman–Crippen MR) is 76.3 cm³/mol. The fourth-order valence-corrected chi connectivity index (χ4v) is 2.80. The number of nitrogens with one attached hydrogen (secondary N) is 1. The number of esters is 1. The van der Waals surface area contributed by atoms with Gasteiger partial charge in [0.15, 0.2) is 0 Å². The first-order valence-corrected chi connectivity index (χ1v) is 6.66. The zero-order chi connectivity index (χ0) is 13.9. The standard InChI is InChI=1S/C15H22N2O2/c1-15(2)11-16-10-13(9-14(18)19-3)17(15)12-7-5-4-6-8-12/h4-8,13,16H,9-11H2,1-3H3. The Labute approximate surface area is 114 Å². The van der Waals surface area contributed by atoms with E-state index in [4.69, 9.17) is 4.74 Å². The summed E-state index contributed by atoms with van der Waals surface area (Å²) >= 11 is 0. The minimum absolute atomic E-state index is 0.0295. The smallest absolute Gasteiger partial charge is 0.307 e. The summed E-state index contributed by atoms with van der Waals surface area (Å²) in [6.45, 7) is 6.08. The Balaban J connectivity index is 2.27. The number of methoxy groups -OCH3 is 1. The third-order valence-electron chi connectivity index (χ3n) is 3.62. The molecule has 1 aliphatic heterocycles. The molecule has 0 aliphatic carbocycles. The van der Waals surface area contributed by atoms with Gasteiger partial charge < -0.3 is 15.0 Å². The van der Waals surface area contributed by atoms with Crippen LogP contribution in [0.4, 0.5) is 5.69 Å². The maximum Gasteiger partial charge on any atom is 0.307 e. The number of carbonyl (C=O) groups excluding carboxylic acids is 1. The molecule has 1 saturated heterocycles. The van der Waals surface area contributed by atoms with Gasteiger partial charge in [-0.25, -0.2) is 0 Å². The largest absolute Gasteiger partial charge is 0.469 e. The molecule has 0 bridgehead atoms. The van der Waals surface area contributed by atoms with Crippen molar-refractivity contribution in [1.82, 2.24) is 5.32 Å². The Morgan fingerprint density at radius 1 is 1.42 bits per heavy atom. The third-order valence-corrected chi connectivity index (χ3v) is 3.62. The highest BCUT2D eigenvalue weighted by molar-refractivity contribution is 5.71. The van der Waals surface area contributed by atoms with Crippen molar-refractivity contribution in [2.24, 2.45) is 0 Å². The van der Waals surface area contributed by atoms with Crippen molar-refractivity contribution in [2.75, 3.05) is 25.1 Å². The summed E-state index contributed by atoms with van der Waals surface area (Å²) in [7, 11) is 1.44. The average Bonchev–Trinajstić information content (AvgIpc) is 2.38. The topological polar surface area (TPSA) is 41.6 Å². The lowest BCUT2D eigenvalue weighted by molar-refractivity contribution is -0.141. The van der Waals surface area contributed by atoms with E-state index in [-0.39, 0.29) is 17.6 Å². The molecule has 1 atom stereocenters. The van der Waals surface area contributed by atoms with Crippen molar-refractivity contribution in [3.63, 3.8) is 0 Å². The second-order valence-electron chi connectivity index (χ2n) is 5.58. The van der Waals surface area contributed by atoms with Gasteiger partial charge in [0.25, 0.3) is 0 Å². The quantitative estimate of drug-likeness (QED) is 0.844. The molecular formula is C15H22N2O2. The zero-order valence-corrected chi connectivity index (χ0v) is 11.8. The van der Waals surface area contributed by atoms with Gasteiger partial charge in [0.05, 0.1) is 19.6 Å². The van der Waals surface area contributed by atoms with Crippen LogP contribution in [0.5, 0.6) is 0 Å². The van der Waals surface area contributed by atoms with Crippen LogP contribution in [0.3, 0.4) is 0 Å². The van der Waals surface area contributed by atoms with Crippen molar-refractivity contribution in [1.29, 1.82) is 0 Å². The Morgan fingerprint density at radius 2 is 2.11 bits per heavy atom. The van der Waals surface area contributed by atoms with Crippen LogP contribution >= 0.6 is 0 Å². The van der Waals surface area contributed by atoms with Gasteiger partial charge in [-0.15, -0.1) is 0 Å². The van der Waals surface area contributed by atoms with Crippen LogP contribution in [0.1, 0.15) is 20.3 Å². The van der Waals surface area contributed by atoms with Gasteiger partial charge in [0.2, 0.25) is 0 Å². The molecule has 1 aliphatic rings. The molecule has 2 rings (SSSR count). The lowest BCUT2D eigenvalue weighted by Crippen LogP contribution is -2.63. The number of para-hydroxylation sites is 1. The molecule has 0 radical (unpaired) electrons. The van der Waals surface area contributed by atoms with E-state index in [0.717, 1.165) is 18.8 Å². The summed E-state index contributed by atoms with van der Waals surface area (Å²) in [5.41, 5.74) is 1.13. The van der Waals surface area contributed by atoms with Crippen molar-refractivity contribution in [2.45, 2.75) is 31.8 Å². The molecule has 0 aromatic heterocycles. The number of hydrogen-bond donors (Lipinski definition) is 1. The zero-order valence-electron chi connectivity index (χ0n) is 11.8. The van der Waals surface area contributed by atoms with Crippen LogP contribution in [0, 0.1) is 0 Å². The summed E-state index contributed by atoms with van der Waals surface area (Å²) in [6.07, 6.45) is 0.405. The van der Waals surface area contributed by atoms with Gasteiger partial charge >= 0.3 is 5.97 Å². The molecule has 4 heteroatoms. The summed E-state index contributed by atoms with van der Waals surface area (Å²) < 4.78 is 4.81. The second-order valence-corrected chi connectivity index (χ2v) is 5.58. The van der Waals surface area contributed by atoms with Crippen LogP contribution in [-0.4, -0.2) is 37.7 Å². The summed E-state index contributed by atoms with van der Waals surface area (Å²) in [4.78, 5) is 13.9. The van der Waals surface area contributed by atoms with E-state index < -0.39 is 0 Å². The van der Waals surface area contributed by atoms with Crippen molar-refractivity contribution in [3.8, 4) is 0 Å². The van der Waals surface area contributed by atoms with E-state index in [0.29, 0.717) is 6.42 Å². The molecule has 1 N–H and O–H groups in total. The maximum atomic E-state index is 11.6. The SMILES string of the molecule is COC(=O)CC1CNCC(C)(C)N1c1ccccc1. The highest BCUT2D eigenvalue weighted by Crippen LogP contribution is 2.29. The van der Waals surface area contributed by atoms with E-state index in [2.05, 4.69) is 36.2 Å². The number of piperazine rings is 1. The molecular weight excluding hydrogens is 240 g/mol. The average molecular weight is 262 g/mol. The molecule has 1 aromatic carbocycles. The van der Waals surface area contributed by atoms with Gasteiger partial charge in [-0.05, 0) is 26.0 Å². The summed E-state index contributed by atoms with van der Waals surface area (Å²) in [5, 5.41) is 3.40. The van der Waals surface area contributed by atoms with E-state index >= 15 is 0 Å². The fourth-order valence-electron chi connectivity index (χ4n) is 2.80. The predicted octanol–water partition coefficient (Wildman–Crippen LogP) is 1.81. The minimum Gasteiger partial charge on any atom is -0.469 e. The van der Waals surface area contributed by atoms with Gasteiger partial charge in [0, 0.05) is 24.3 Å². The molecule has 19 heavy (non-hydrogen) atoms. The van der Waals surface area contributed by atoms with Crippen LogP contribution in [0.15, 0.2) is 30.3 Å². The first-order chi connectivity index (χ1) is 9.04. The number of anilines is 1. The van der Waals surface area contributed by atoms with E-state index in [1.54, 1.807) is 0 Å². The first kappa shape index (κ1) is 13.9. The summed E-state index contributed by atoms with van der Waals surface area (Å²) in [5.74, 6) is -0.162. The van der Waals surface area contributed by atoms with Crippen LogP contribution in [0.25, 0.3) is 0 Å². The molecule has 1 unspecified atom stereocenters. The number of benzene rings is 1. The van der Waals surface area contributed by atoms with Crippen LogP contribution in [0.2, 0.25) is 0 Å². The van der Waals surface area contributed by atoms with Gasteiger partial charge in [-0.1, -0.05) is 18.2 Å². The number of rotatable bonds is 3. The first-order valence-electron chi connectivity index (χ1n) is 6.66.